The number of nitrogens with zero attached hydrogens (tertiary/aromatic N) is 1. The molecule has 3 aliphatic rings. The molecular formula is C21H21N3O3. The van der Waals surface area contributed by atoms with Crippen molar-refractivity contribution in [3.63, 3.8) is 0 Å². The van der Waals surface area contributed by atoms with Crippen LogP contribution < -0.4 is 15.5 Å². The van der Waals surface area contributed by atoms with Crippen molar-refractivity contribution in [2.45, 2.75) is 37.6 Å². The van der Waals surface area contributed by atoms with Crippen LogP contribution in [0.2, 0.25) is 0 Å². The number of benzene rings is 2. The molecule has 1 unspecified atom stereocenters. The van der Waals surface area contributed by atoms with Crippen LogP contribution in [-0.4, -0.2) is 36.9 Å². The van der Waals surface area contributed by atoms with Crippen LogP contribution in [0.25, 0.3) is 10.8 Å². The second kappa shape index (κ2) is 6.16. The number of nitrogens with one attached hydrogen (secondary N) is 2. The predicted molar refractivity (Wildman–Crippen MR) is 102 cm³/mol. The standard InChI is InChI=1S/C21H21N3O3/c25-18-7-6-17(20(26)23-18)24-16-3-1-2-14-13(12-8-10-22-11-9-12)4-5-15(19(14)16)21(24)27/h1-5,12,17,22H,6-11H2,(H,23,25,26). The molecule has 27 heavy (non-hydrogen) atoms. The van der Waals surface area contributed by atoms with E-state index in [4.69, 9.17) is 0 Å². The first kappa shape index (κ1) is 16.4. The van der Waals surface area contributed by atoms with E-state index in [2.05, 4.69) is 22.8 Å². The van der Waals surface area contributed by atoms with Crippen LogP contribution in [0.3, 0.4) is 0 Å². The summed E-state index contributed by atoms with van der Waals surface area (Å²) >= 11 is 0. The van der Waals surface area contributed by atoms with E-state index < -0.39 is 6.04 Å². The van der Waals surface area contributed by atoms with Gasteiger partial charge in [-0.1, -0.05) is 18.2 Å². The Morgan fingerprint density at radius 1 is 0.963 bits per heavy atom. The zero-order chi connectivity index (χ0) is 18.5. The Kier molecular flexibility index (Phi) is 3.75. The third-order valence-corrected chi connectivity index (χ3v) is 6.06. The lowest BCUT2D eigenvalue weighted by Crippen LogP contribution is -2.53. The van der Waals surface area contributed by atoms with Crippen molar-refractivity contribution in [1.82, 2.24) is 10.6 Å². The second-order valence-corrected chi connectivity index (χ2v) is 7.57. The molecule has 2 fully saturated rings. The molecule has 2 N–H and O–H groups in total. The minimum atomic E-state index is -0.629. The molecule has 0 aliphatic carbocycles. The SMILES string of the molecule is O=C1CCC(N2C(=O)c3ccc(C4CCNCC4)c4cccc2c34)C(=O)N1. The third kappa shape index (κ3) is 2.47. The van der Waals surface area contributed by atoms with E-state index in [9.17, 15) is 14.4 Å². The molecule has 6 heteroatoms. The zero-order valence-corrected chi connectivity index (χ0v) is 15.0. The van der Waals surface area contributed by atoms with Crippen LogP contribution in [0.1, 0.15) is 47.5 Å². The largest absolute Gasteiger partial charge is 0.317 e. The minimum Gasteiger partial charge on any atom is -0.317 e. The molecule has 0 radical (unpaired) electrons. The lowest BCUT2D eigenvalue weighted by Gasteiger charge is -2.30. The van der Waals surface area contributed by atoms with E-state index in [0.717, 1.165) is 42.4 Å². The quantitative estimate of drug-likeness (QED) is 0.801. The number of carbonyl (C=O) groups excluding carboxylic acids is 3. The van der Waals surface area contributed by atoms with Crippen molar-refractivity contribution in [1.29, 1.82) is 0 Å². The molecule has 3 heterocycles. The number of anilines is 1. The number of imide groups is 1. The summed E-state index contributed by atoms with van der Waals surface area (Å²) in [7, 11) is 0. The number of amides is 3. The highest BCUT2D eigenvalue weighted by Crippen LogP contribution is 2.43. The van der Waals surface area contributed by atoms with E-state index in [1.807, 2.05) is 18.2 Å². The highest BCUT2D eigenvalue weighted by atomic mass is 16.2. The third-order valence-electron chi connectivity index (χ3n) is 6.06. The number of hydrogen-bond acceptors (Lipinski definition) is 4. The highest BCUT2D eigenvalue weighted by molar-refractivity contribution is 6.27. The van der Waals surface area contributed by atoms with Gasteiger partial charge in [0.2, 0.25) is 11.8 Å². The van der Waals surface area contributed by atoms with Gasteiger partial charge in [-0.05, 0) is 61.4 Å². The average Bonchev–Trinajstić information content (AvgIpc) is 2.97. The van der Waals surface area contributed by atoms with Crippen LogP contribution in [0.4, 0.5) is 5.69 Å². The molecule has 0 bridgehead atoms. The number of carbonyl (C=O) groups is 3. The molecule has 0 saturated carbocycles. The maximum Gasteiger partial charge on any atom is 0.259 e. The van der Waals surface area contributed by atoms with E-state index in [0.29, 0.717) is 17.9 Å². The van der Waals surface area contributed by atoms with Crippen molar-refractivity contribution in [3.05, 3.63) is 41.5 Å². The molecule has 3 aliphatic heterocycles. The molecule has 3 amide bonds. The summed E-state index contributed by atoms with van der Waals surface area (Å²) in [5.41, 5.74) is 2.73. The topological polar surface area (TPSA) is 78.5 Å². The molecule has 0 spiro atoms. The van der Waals surface area contributed by atoms with Crippen molar-refractivity contribution in [2.24, 2.45) is 0 Å². The van der Waals surface area contributed by atoms with E-state index in [1.165, 1.54) is 5.56 Å². The van der Waals surface area contributed by atoms with Crippen LogP contribution >= 0.6 is 0 Å². The van der Waals surface area contributed by atoms with Gasteiger partial charge in [-0.15, -0.1) is 0 Å². The second-order valence-electron chi connectivity index (χ2n) is 7.57. The summed E-state index contributed by atoms with van der Waals surface area (Å²) in [5.74, 6) is -0.322. The summed E-state index contributed by atoms with van der Waals surface area (Å²) in [4.78, 5) is 38.6. The Morgan fingerprint density at radius 2 is 1.78 bits per heavy atom. The average molecular weight is 363 g/mol. The van der Waals surface area contributed by atoms with Gasteiger partial charge in [-0.2, -0.15) is 0 Å². The first-order valence-electron chi connectivity index (χ1n) is 9.59. The predicted octanol–water partition coefficient (Wildman–Crippen LogP) is 2.07. The lowest BCUT2D eigenvalue weighted by atomic mass is 9.86. The van der Waals surface area contributed by atoms with Crippen molar-refractivity contribution in [3.8, 4) is 0 Å². The summed E-state index contributed by atoms with van der Waals surface area (Å²) < 4.78 is 0. The molecule has 2 aromatic carbocycles. The molecule has 2 aromatic rings. The Labute approximate surface area is 156 Å². The number of hydrogen-bond donors (Lipinski definition) is 2. The van der Waals surface area contributed by atoms with Crippen molar-refractivity contribution in [2.75, 3.05) is 18.0 Å². The van der Waals surface area contributed by atoms with Gasteiger partial charge in [0.25, 0.3) is 5.91 Å². The first-order chi connectivity index (χ1) is 13.1. The van der Waals surface area contributed by atoms with Gasteiger partial charge in [0.05, 0.1) is 5.69 Å². The molecule has 0 aromatic heterocycles. The molecule has 5 rings (SSSR count). The number of piperidine rings is 2. The summed E-state index contributed by atoms with van der Waals surface area (Å²) in [5, 5.41) is 7.83. The van der Waals surface area contributed by atoms with E-state index >= 15 is 0 Å². The van der Waals surface area contributed by atoms with E-state index in [1.54, 1.807) is 4.90 Å². The van der Waals surface area contributed by atoms with Crippen molar-refractivity contribution < 1.29 is 14.4 Å². The number of rotatable bonds is 2. The van der Waals surface area contributed by atoms with Gasteiger partial charge >= 0.3 is 0 Å². The van der Waals surface area contributed by atoms with Crippen LogP contribution in [0, 0.1) is 0 Å². The fraction of sp³-hybridized carbons (Fsp3) is 0.381. The Hall–Kier alpha value is -2.73. The summed E-state index contributed by atoms with van der Waals surface area (Å²) in [6.45, 7) is 2.02. The minimum absolute atomic E-state index is 0.146. The molecule has 2 saturated heterocycles. The highest BCUT2D eigenvalue weighted by Gasteiger charge is 2.41. The molecule has 1 atom stereocenters. The van der Waals surface area contributed by atoms with Crippen molar-refractivity contribution >= 4 is 34.2 Å². The van der Waals surface area contributed by atoms with Crippen LogP contribution in [0.5, 0.6) is 0 Å². The van der Waals surface area contributed by atoms with Gasteiger partial charge < -0.3 is 5.32 Å². The Morgan fingerprint density at radius 3 is 2.56 bits per heavy atom. The van der Waals surface area contributed by atoms with Gasteiger partial charge in [0, 0.05) is 17.4 Å². The Bertz CT molecular complexity index is 978. The molecule has 6 nitrogen and oxygen atoms in total. The summed E-state index contributed by atoms with van der Waals surface area (Å²) in [6, 6.07) is 9.33. The zero-order valence-electron chi connectivity index (χ0n) is 15.0. The molecule has 138 valence electrons. The normalized spacial score (nSPS) is 23.2. The maximum absolute atomic E-state index is 13.1. The fourth-order valence-corrected chi connectivity index (χ4v) is 4.75. The fourth-order valence-electron chi connectivity index (χ4n) is 4.75. The smallest absolute Gasteiger partial charge is 0.259 e. The van der Waals surface area contributed by atoms with Crippen LogP contribution in [0.15, 0.2) is 30.3 Å². The maximum atomic E-state index is 13.1. The van der Waals surface area contributed by atoms with Gasteiger partial charge in [0.15, 0.2) is 0 Å². The van der Waals surface area contributed by atoms with Gasteiger partial charge in [0.1, 0.15) is 6.04 Å². The lowest BCUT2D eigenvalue weighted by molar-refractivity contribution is -0.134. The first-order valence-corrected chi connectivity index (χ1v) is 9.59. The molecular weight excluding hydrogens is 342 g/mol. The monoisotopic (exact) mass is 363 g/mol. The van der Waals surface area contributed by atoms with Crippen LogP contribution in [-0.2, 0) is 9.59 Å². The Balaban J connectivity index is 1.62. The van der Waals surface area contributed by atoms with Gasteiger partial charge in [-0.3, -0.25) is 24.6 Å². The van der Waals surface area contributed by atoms with E-state index in [-0.39, 0.29) is 24.1 Å². The summed E-state index contributed by atoms with van der Waals surface area (Å²) in [6.07, 6.45) is 2.79. The van der Waals surface area contributed by atoms with Gasteiger partial charge in [-0.25, -0.2) is 0 Å².